The maximum Gasteiger partial charge on any atom is 0.261 e. The highest BCUT2D eigenvalue weighted by Crippen LogP contribution is 2.32. The summed E-state index contributed by atoms with van der Waals surface area (Å²) in [6, 6.07) is 20.8. The molecule has 4 aromatic heterocycles. The number of hydrogen-bond acceptors (Lipinski definition) is 12. The van der Waals surface area contributed by atoms with Gasteiger partial charge < -0.3 is 62.1 Å². The van der Waals surface area contributed by atoms with E-state index in [2.05, 4.69) is 51.2 Å². The van der Waals surface area contributed by atoms with Gasteiger partial charge in [0.1, 0.15) is 34.4 Å². The van der Waals surface area contributed by atoms with Crippen LogP contribution in [0, 0.1) is 11.6 Å². The van der Waals surface area contributed by atoms with Crippen LogP contribution in [0.5, 0.6) is 0 Å². The van der Waals surface area contributed by atoms with Gasteiger partial charge in [0.15, 0.2) is 0 Å². The minimum Gasteiger partial charge on any atom is -0.397 e. The third-order valence-electron chi connectivity index (χ3n) is 10.6. The van der Waals surface area contributed by atoms with E-state index in [1.807, 2.05) is 36.4 Å². The van der Waals surface area contributed by atoms with E-state index in [-0.39, 0.29) is 91.6 Å². The average molecular weight is 993 g/mol. The Labute approximate surface area is 384 Å². The van der Waals surface area contributed by atoms with Gasteiger partial charge in [-0.25, -0.2) is 18.7 Å². The molecule has 0 radical (unpaired) electrons. The minimum atomic E-state index is -0.495. The lowest BCUT2D eigenvalue weighted by Crippen LogP contribution is -2.45. The molecule has 2 atom stereocenters. The van der Waals surface area contributed by atoms with Gasteiger partial charge in [-0.15, -0.1) is 24.0 Å². The van der Waals surface area contributed by atoms with Crippen molar-refractivity contribution in [1.29, 1.82) is 0 Å². The number of nitrogens with two attached hydrogens (primary N) is 2. The van der Waals surface area contributed by atoms with E-state index in [1.165, 1.54) is 24.3 Å². The quantitative estimate of drug-likeness (QED) is 0.0699. The van der Waals surface area contributed by atoms with Gasteiger partial charge in [0.05, 0.1) is 81.7 Å². The Morgan fingerprint density at radius 2 is 1.03 bits per heavy atom. The highest BCUT2D eigenvalue weighted by Gasteiger charge is 2.20. The van der Waals surface area contributed by atoms with E-state index in [0.29, 0.717) is 46.9 Å². The van der Waals surface area contributed by atoms with E-state index >= 15 is 0 Å². The molecule has 4 aromatic carbocycles. The van der Waals surface area contributed by atoms with Crippen molar-refractivity contribution in [2.24, 2.45) is 0 Å². The molecule has 2 aliphatic rings. The molecule has 0 bridgehead atoms. The lowest BCUT2D eigenvalue weighted by Gasteiger charge is -2.24. The molecule has 10 rings (SSSR count). The first-order valence-electron chi connectivity index (χ1n) is 19.5. The number of fused-ring (bicyclic) bond motifs is 4. The number of halogens is 3. The highest BCUT2D eigenvalue weighted by molar-refractivity contribution is 14.0. The number of morpholine rings is 2. The second-order valence-electron chi connectivity index (χ2n) is 14.7. The number of rotatable bonds is 8. The van der Waals surface area contributed by atoms with Crippen molar-refractivity contribution >= 4 is 90.6 Å². The van der Waals surface area contributed by atoms with Gasteiger partial charge in [-0.05, 0) is 60.7 Å². The third-order valence-corrected chi connectivity index (χ3v) is 10.6. The maximum absolute atomic E-state index is 14.3. The topological polar surface area (TPSA) is 242 Å². The normalized spacial score (nSPS) is 15.8. The first-order chi connectivity index (χ1) is 29.2. The first kappa shape index (κ1) is 48.9. The number of nitrogens with one attached hydrogen (secondary N) is 8. The summed E-state index contributed by atoms with van der Waals surface area (Å²) in [7, 11) is 0. The lowest BCUT2D eigenvalue weighted by atomic mass is 10.1. The van der Waals surface area contributed by atoms with Gasteiger partial charge in [-0.2, -0.15) is 0 Å². The molecular formula is C45H55F2IN12O4. The SMILES string of the molecule is C.C.C.I.Nc1c(-c2nc3ccc(NCC4COCCN4)cc3[nH]2)c(=O)[nH]c2cccc(F)c12.Nc1c(-c2nc3ccc(NCC4COCCN4)cc3[nH]2)c(=O)[nH]c2cccc(F)c12. The Kier molecular flexibility index (Phi) is 16.1. The standard InChI is InChI=1S/2C21H21FN6O2.3CH4.HI/c2*22-13-2-1-3-15-17(13)19(23)18(21(29)28-15)20-26-14-5-4-11(8-16(14)27-20)25-9-12-10-30-7-6-24-12;;;;/h2*1-5,8,12,24-25H,6-7,9-10H2,(H,26,27)(H3,23,28,29);3*1H4;1H. The smallest absolute Gasteiger partial charge is 0.261 e. The summed E-state index contributed by atoms with van der Waals surface area (Å²) in [6.45, 7) is 5.95. The van der Waals surface area contributed by atoms with Gasteiger partial charge in [-0.3, -0.25) is 9.59 Å². The van der Waals surface area contributed by atoms with Gasteiger partial charge in [-0.1, -0.05) is 34.4 Å². The largest absolute Gasteiger partial charge is 0.397 e. The predicted octanol–water partition coefficient (Wildman–Crippen LogP) is 6.91. The molecule has 2 aliphatic heterocycles. The van der Waals surface area contributed by atoms with Crippen LogP contribution in [0.2, 0.25) is 0 Å². The molecule has 12 N–H and O–H groups in total. The van der Waals surface area contributed by atoms with Gasteiger partial charge in [0.25, 0.3) is 11.1 Å². The zero-order valence-electron chi connectivity index (χ0n) is 32.6. The van der Waals surface area contributed by atoms with E-state index in [9.17, 15) is 18.4 Å². The van der Waals surface area contributed by atoms with Crippen molar-refractivity contribution in [3.63, 3.8) is 0 Å². The second-order valence-corrected chi connectivity index (χ2v) is 14.7. The van der Waals surface area contributed by atoms with E-state index in [4.69, 9.17) is 20.9 Å². The van der Waals surface area contributed by atoms with Crippen LogP contribution in [0.15, 0.2) is 82.4 Å². The second kappa shape index (κ2) is 21.0. The number of hydrogen-bond donors (Lipinski definition) is 10. The van der Waals surface area contributed by atoms with Crippen LogP contribution in [-0.2, 0) is 9.47 Å². The number of anilines is 4. The molecule has 6 heterocycles. The van der Waals surface area contributed by atoms with E-state index in [1.54, 1.807) is 12.1 Å². The monoisotopic (exact) mass is 992 g/mol. The Balaban J connectivity index is 0.000000227. The third kappa shape index (κ3) is 9.97. The lowest BCUT2D eigenvalue weighted by molar-refractivity contribution is 0.0806. The Morgan fingerprint density at radius 1 is 0.609 bits per heavy atom. The number of aromatic nitrogens is 6. The molecule has 19 heteroatoms. The molecule has 0 aliphatic carbocycles. The average Bonchev–Trinajstić information content (AvgIpc) is 3.86. The van der Waals surface area contributed by atoms with Crippen molar-refractivity contribution < 1.29 is 18.3 Å². The van der Waals surface area contributed by atoms with Crippen LogP contribution in [-0.4, -0.2) is 94.6 Å². The van der Waals surface area contributed by atoms with Crippen molar-refractivity contribution in [3.8, 4) is 22.8 Å². The summed E-state index contributed by atoms with van der Waals surface area (Å²) in [6.07, 6.45) is 0. The Hall–Kier alpha value is -6.13. The molecule has 0 spiro atoms. The highest BCUT2D eigenvalue weighted by atomic mass is 127. The number of nitrogens with zero attached hydrogens (tertiary/aromatic N) is 2. The van der Waals surface area contributed by atoms with Gasteiger partial charge in [0, 0.05) is 49.6 Å². The fourth-order valence-electron chi connectivity index (χ4n) is 7.60. The summed E-state index contributed by atoms with van der Waals surface area (Å²) < 4.78 is 39.6. The van der Waals surface area contributed by atoms with Crippen molar-refractivity contribution in [1.82, 2.24) is 40.5 Å². The van der Waals surface area contributed by atoms with Gasteiger partial charge >= 0.3 is 0 Å². The fourth-order valence-corrected chi connectivity index (χ4v) is 7.60. The molecular weight excluding hydrogens is 937 g/mol. The number of benzene rings is 4. The zero-order valence-corrected chi connectivity index (χ0v) is 34.9. The number of aromatic amines is 4. The summed E-state index contributed by atoms with van der Waals surface area (Å²) >= 11 is 0. The maximum atomic E-state index is 14.3. The minimum absolute atomic E-state index is 0. The molecule has 0 amide bonds. The van der Waals surface area contributed by atoms with Crippen LogP contribution < -0.4 is 43.9 Å². The number of H-pyrrole nitrogens is 4. The van der Waals surface area contributed by atoms with Gasteiger partial charge in [0.2, 0.25) is 0 Å². The molecule has 8 aromatic rings. The molecule has 340 valence electrons. The zero-order chi connectivity index (χ0) is 41.3. The van der Waals surface area contributed by atoms with E-state index in [0.717, 1.165) is 61.8 Å². The number of pyridine rings is 2. The molecule has 64 heavy (non-hydrogen) atoms. The van der Waals surface area contributed by atoms with E-state index < -0.39 is 22.8 Å². The van der Waals surface area contributed by atoms with Crippen LogP contribution in [0.4, 0.5) is 31.5 Å². The predicted molar refractivity (Wildman–Crippen MR) is 266 cm³/mol. The summed E-state index contributed by atoms with van der Waals surface area (Å²) in [5.41, 5.74) is 17.3. The molecule has 16 nitrogen and oxygen atoms in total. The Bertz CT molecular complexity index is 2790. The number of nitrogen functional groups attached to an aromatic ring is 2. The van der Waals surface area contributed by atoms with Crippen LogP contribution in [0.25, 0.3) is 66.6 Å². The summed E-state index contributed by atoms with van der Waals surface area (Å²) in [5, 5.41) is 13.9. The van der Waals surface area contributed by atoms with Crippen LogP contribution in [0.3, 0.4) is 0 Å². The number of imidazole rings is 2. The van der Waals surface area contributed by atoms with Crippen molar-refractivity contribution in [3.05, 3.63) is 105 Å². The van der Waals surface area contributed by atoms with Crippen LogP contribution >= 0.6 is 24.0 Å². The molecule has 2 fully saturated rings. The molecule has 2 saturated heterocycles. The summed E-state index contributed by atoms with van der Waals surface area (Å²) in [5.74, 6) is -0.391. The molecule has 2 unspecified atom stereocenters. The number of ether oxygens (including phenoxy) is 2. The Morgan fingerprint density at radius 3 is 1.42 bits per heavy atom. The molecule has 0 saturated carbocycles. The first-order valence-corrected chi connectivity index (χ1v) is 19.5. The fraction of sp³-hybridized carbons (Fsp3) is 0.289. The van der Waals surface area contributed by atoms with Crippen molar-refractivity contribution in [2.45, 2.75) is 34.4 Å². The van der Waals surface area contributed by atoms with Crippen molar-refractivity contribution in [2.75, 3.05) is 74.7 Å². The summed E-state index contributed by atoms with van der Waals surface area (Å²) in [4.78, 5) is 45.9. The van der Waals surface area contributed by atoms with Crippen LogP contribution in [0.1, 0.15) is 22.3 Å².